The molecule has 8 heteroatoms. The van der Waals surface area contributed by atoms with E-state index in [1.165, 1.54) is 0 Å². The third-order valence-corrected chi connectivity index (χ3v) is 3.09. The number of carbonyl (C=O) groups is 1. The van der Waals surface area contributed by atoms with E-state index in [0.29, 0.717) is 6.42 Å². The van der Waals surface area contributed by atoms with E-state index in [1.54, 1.807) is 18.6 Å². The molecule has 1 N–H and O–H groups in total. The first-order chi connectivity index (χ1) is 8.81. The van der Waals surface area contributed by atoms with Gasteiger partial charge in [-0.25, -0.2) is 4.98 Å². The highest BCUT2D eigenvalue weighted by atomic mass is 35.5. The van der Waals surface area contributed by atoms with Crippen LogP contribution in [0.25, 0.3) is 0 Å². The van der Waals surface area contributed by atoms with Crippen LogP contribution in [0.1, 0.15) is 6.42 Å². The summed E-state index contributed by atoms with van der Waals surface area (Å²) in [6, 6.07) is 0. The predicted molar refractivity (Wildman–Crippen MR) is 83.9 cm³/mol. The van der Waals surface area contributed by atoms with Crippen LogP contribution in [0.2, 0.25) is 0 Å². The number of hydrogen-bond donors (Lipinski definition) is 1. The molecule has 1 aromatic heterocycles. The summed E-state index contributed by atoms with van der Waals surface area (Å²) < 4.78 is 0. The minimum absolute atomic E-state index is 0. The van der Waals surface area contributed by atoms with Crippen molar-refractivity contribution in [2.45, 2.75) is 6.42 Å². The van der Waals surface area contributed by atoms with Gasteiger partial charge in [-0.2, -0.15) is 0 Å². The third kappa shape index (κ3) is 5.11. The lowest BCUT2D eigenvalue weighted by Gasteiger charge is -2.35. The molecule has 0 unspecified atom stereocenters. The molecule has 1 aliphatic rings. The van der Waals surface area contributed by atoms with Gasteiger partial charge in [-0.15, -0.1) is 24.8 Å². The van der Waals surface area contributed by atoms with Gasteiger partial charge in [-0.3, -0.25) is 9.78 Å². The molecule has 2 rings (SSSR count). The molecule has 1 aliphatic heterocycles. The van der Waals surface area contributed by atoms with Crippen LogP contribution >= 0.6 is 24.8 Å². The Balaban J connectivity index is 0.00000180. The van der Waals surface area contributed by atoms with Crippen molar-refractivity contribution in [1.29, 1.82) is 0 Å². The molecule has 0 bridgehead atoms. The number of piperazine rings is 1. The number of anilines is 1. The zero-order chi connectivity index (χ0) is 12.8. The summed E-state index contributed by atoms with van der Waals surface area (Å²) in [4.78, 5) is 24.3. The first-order valence-electron chi connectivity index (χ1n) is 6.24. The highest BCUT2D eigenvalue weighted by Gasteiger charge is 2.21. The molecular weight excluding hydrogens is 301 g/mol. The summed E-state index contributed by atoms with van der Waals surface area (Å²) in [5, 5.41) is 3.00. The zero-order valence-electron chi connectivity index (χ0n) is 11.5. The van der Waals surface area contributed by atoms with E-state index in [4.69, 9.17) is 0 Å². The second-order valence-corrected chi connectivity index (χ2v) is 4.28. The maximum Gasteiger partial charge on any atom is 0.223 e. The van der Waals surface area contributed by atoms with Gasteiger partial charge in [0.05, 0.1) is 6.20 Å². The lowest BCUT2D eigenvalue weighted by Crippen LogP contribution is -2.49. The van der Waals surface area contributed by atoms with Gasteiger partial charge in [0, 0.05) is 51.5 Å². The van der Waals surface area contributed by atoms with Crippen molar-refractivity contribution in [2.24, 2.45) is 0 Å². The largest absolute Gasteiger partial charge is 0.352 e. The lowest BCUT2D eigenvalue weighted by molar-refractivity contribution is -0.131. The minimum Gasteiger partial charge on any atom is -0.352 e. The van der Waals surface area contributed by atoms with E-state index < -0.39 is 0 Å². The first kappa shape index (κ1) is 18.9. The Morgan fingerprint density at radius 2 is 1.95 bits per heavy atom. The maximum absolute atomic E-state index is 11.8. The predicted octanol–water partition coefficient (Wildman–Crippen LogP) is 0.578. The fourth-order valence-corrected chi connectivity index (χ4v) is 2.03. The van der Waals surface area contributed by atoms with Crippen molar-refractivity contribution >= 4 is 36.5 Å². The molecule has 20 heavy (non-hydrogen) atoms. The molecule has 1 fully saturated rings. The van der Waals surface area contributed by atoms with Crippen LogP contribution < -0.4 is 10.2 Å². The van der Waals surface area contributed by atoms with Crippen molar-refractivity contribution < 1.29 is 4.79 Å². The van der Waals surface area contributed by atoms with Gasteiger partial charge < -0.3 is 15.1 Å². The lowest BCUT2D eigenvalue weighted by atomic mass is 10.2. The number of hydrogen-bond acceptors (Lipinski definition) is 5. The molecule has 1 saturated heterocycles. The van der Waals surface area contributed by atoms with Gasteiger partial charge in [-0.05, 0) is 7.05 Å². The Bertz CT molecular complexity index is 385. The van der Waals surface area contributed by atoms with Gasteiger partial charge in [0.2, 0.25) is 5.91 Å². The Morgan fingerprint density at radius 3 is 2.50 bits per heavy atom. The van der Waals surface area contributed by atoms with Crippen LogP contribution in [0.4, 0.5) is 5.82 Å². The monoisotopic (exact) mass is 321 g/mol. The molecule has 0 aliphatic carbocycles. The number of carbonyl (C=O) groups excluding carboxylic acids is 1. The van der Waals surface area contributed by atoms with E-state index in [0.717, 1.165) is 38.5 Å². The number of rotatable bonds is 4. The van der Waals surface area contributed by atoms with E-state index in [-0.39, 0.29) is 30.7 Å². The van der Waals surface area contributed by atoms with Crippen LogP contribution in [-0.4, -0.2) is 60.5 Å². The van der Waals surface area contributed by atoms with Gasteiger partial charge in [0.1, 0.15) is 5.82 Å². The Kier molecular flexibility index (Phi) is 9.20. The summed E-state index contributed by atoms with van der Waals surface area (Å²) in [7, 11) is 1.86. The number of amides is 1. The van der Waals surface area contributed by atoms with Crippen LogP contribution in [0, 0.1) is 0 Å². The quantitative estimate of drug-likeness (QED) is 0.879. The van der Waals surface area contributed by atoms with Crippen LogP contribution in [0.5, 0.6) is 0 Å². The molecular formula is C12H21Cl2N5O. The first-order valence-corrected chi connectivity index (χ1v) is 6.24. The normalized spacial score (nSPS) is 14.2. The zero-order valence-corrected chi connectivity index (χ0v) is 13.1. The summed E-state index contributed by atoms with van der Waals surface area (Å²) in [5.41, 5.74) is 0. The molecule has 1 aromatic rings. The summed E-state index contributed by atoms with van der Waals surface area (Å²) in [6.45, 7) is 3.91. The van der Waals surface area contributed by atoms with E-state index in [2.05, 4.69) is 20.2 Å². The fourth-order valence-electron chi connectivity index (χ4n) is 2.03. The van der Waals surface area contributed by atoms with Crippen LogP contribution in [0.3, 0.4) is 0 Å². The molecule has 0 saturated carbocycles. The number of nitrogens with zero attached hydrogens (tertiary/aromatic N) is 4. The van der Waals surface area contributed by atoms with Gasteiger partial charge >= 0.3 is 0 Å². The molecule has 1 amide bonds. The summed E-state index contributed by atoms with van der Waals surface area (Å²) >= 11 is 0. The highest BCUT2D eigenvalue weighted by Crippen LogP contribution is 2.11. The number of halogens is 2. The van der Waals surface area contributed by atoms with Crippen molar-refractivity contribution in [2.75, 3.05) is 44.7 Å². The number of nitrogens with one attached hydrogen (secondary N) is 1. The number of aromatic nitrogens is 2. The van der Waals surface area contributed by atoms with Gasteiger partial charge in [0.25, 0.3) is 0 Å². The van der Waals surface area contributed by atoms with Crippen molar-refractivity contribution in [1.82, 2.24) is 20.2 Å². The highest BCUT2D eigenvalue weighted by molar-refractivity contribution is 5.85. The maximum atomic E-state index is 11.8. The molecule has 2 heterocycles. The Morgan fingerprint density at radius 1 is 1.25 bits per heavy atom. The fraction of sp³-hybridized carbons (Fsp3) is 0.583. The van der Waals surface area contributed by atoms with Crippen LogP contribution in [0.15, 0.2) is 18.6 Å². The summed E-state index contributed by atoms with van der Waals surface area (Å²) in [5.74, 6) is 1.11. The van der Waals surface area contributed by atoms with Crippen molar-refractivity contribution in [3.63, 3.8) is 0 Å². The molecule has 114 valence electrons. The van der Waals surface area contributed by atoms with Gasteiger partial charge in [-0.1, -0.05) is 0 Å². The second-order valence-electron chi connectivity index (χ2n) is 4.28. The summed E-state index contributed by atoms with van der Waals surface area (Å²) in [6.07, 6.45) is 5.70. The van der Waals surface area contributed by atoms with Gasteiger partial charge in [0.15, 0.2) is 0 Å². The Hall–Kier alpha value is -1.11. The average molecular weight is 322 g/mol. The SMILES string of the molecule is CNCCC(=O)N1CCN(c2cnccn2)CC1.Cl.Cl. The minimum atomic E-state index is 0. The smallest absolute Gasteiger partial charge is 0.223 e. The second kappa shape index (κ2) is 9.74. The molecule has 0 aromatic carbocycles. The van der Waals surface area contributed by atoms with E-state index in [1.807, 2.05) is 11.9 Å². The van der Waals surface area contributed by atoms with Crippen molar-refractivity contribution in [3.05, 3.63) is 18.6 Å². The molecule has 0 radical (unpaired) electrons. The van der Waals surface area contributed by atoms with E-state index >= 15 is 0 Å². The standard InChI is InChI=1S/C12H19N5O.2ClH/c1-13-3-2-12(18)17-8-6-16(7-9-17)11-10-14-4-5-15-11;;/h4-5,10,13H,2-3,6-9H2,1H3;2*1H. The van der Waals surface area contributed by atoms with Crippen LogP contribution in [-0.2, 0) is 4.79 Å². The van der Waals surface area contributed by atoms with E-state index in [9.17, 15) is 4.79 Å². The topological polar surface area (TPSA) is 61.4 Å². The molecule has 6 nitrogen and oxygen atoms in total. The Labute approximate surface area is 131 Å². The average Bonchev–Trinajstić information content (AvgIpc) is 2.46. The molecule has 0 atom stereocenters. The third-order valence-electron chi connectivity index (χ3n) is 3.09. The molecule has 0 spiro atoms. The van der Waals surface area contributed by atoms with Crippen molar-refractivity contribution in [3.8, 4) is 0 Å².